The summed E-state index contributed by atoms with van der Waals surface area (Å²) in [6, 6.07) is 7.91. The minimum atomic E-state index is -1.51. The van der Waals surface area contributed by atoms with E-state index in [1.807, 2.05) is 30.3 Å². The lowest BCUT2D eigenvalue weighted by molar-refractivity contribution is -0.150. The Hall–Kier alpha value is -2.45. The van der Waals surface area contributed by atoms with E-state index in [4.69, 9.17) is 22.4 Å². The van der Waals surface area contributed by atoms with E-state index in [0.717, 1.165) is 22.2 Å². The maximum Gasteiger partial charge on any atom is 0.327 e. The standard InChI is InChI=1S/C16H13NO5S2/c18-13(19)9-11(15(21)22)17-14(20)12(24-16(17)23)8-4-7-10-5-2-1-3-6-10/h1-8,11H,9H2,(H,18,19)(H,21,22)/b7-4+,12-8+/t11-/m1/s1. The molecule has 0 spiro atoms. The summed E-state index contributed by atoms with van der Waals surface area (Å²) in [4.78, 5) is 35.5. The van der Waals surface area contributed by atoms with Crippen molar-refractivity contribution in [2.24, 2.45) is 0 Å². The van der Waals surface area contributed by atoms with Crippen LogP contribution in [0.1, 0.15) is 12.0 Å². The Kier molecular flexibility index (Phi) is 5.88. The molecule has 0 aliphatic carbocycles. The molecule has 2 N–H and O–H groups in total. The molecular weight excluding hydrogens is 350 g/mol. The summed E-state index contributed by atoms with van der Waals surface area (Å²) >= 11 is 5.98. The minimum Gasteiger partial charge on any atom is -0.481 e. The number of carbonyl (C=O) groups excluding carboxylic acids is 1. The number of carboxylic acid groups (broad SMARTS) is 2. The summed E-state index contributed by atoms with van der Waals surface area (Å²) in [6.45, 7) is 0. The number of amides is 1. The summed E-state index contributed by atoms with van der Waals surface area (Å²) in [5, 5.41) is 18.0. The summed E-state index contributed by atoms with van der Waals surface area (Å²) in [6.07, 6.45) is 4.27. The van der Waals surface area contributed by atoms with Gasteiger partial charge in [0.15, 0.2) is 0 Å². The van der Waals surface area contributed by atoms with Crippen LogP contribution in [0.2, 0.25) is 0 Å². The Morgan fingerprint density at radius 3 is 2.50 bits per heavy atom. The Bertz CT molecular complexity index is 742. The average molecular weight is 363 g/mol. The zero-order valence-corrected chi connectivity index (χ0v) is 13.9. The van der Waals surface area contributed by atoms with Gasteiger partial charge in [-0.25, -0.2) is 4.79 Å². The number of nitrogens with zero attached hydrogens (tertiary/aromatic N) is 1. The molecular formula is C16H13NO5S2. The fourth-order valence-electron chi connectivity index (χ4n) is 2.03. The molecule has 0 unspecified atom stereocenters. The zero-order chi connectivity index (χ0) is 17.7. The zero-order valence-electron chi connectivity index (χ0n) is 12.3. The van der Waals surface area contributed by atoms with Crippen LogP contribution >= 0.6 is 24.0 Å². The lowest BCUT2D eigenvalue weighted by atomic mass is 10.2. The van der Waals surface area contributed by atoms with Crippen LogP contribution in [-0.2, 0) is 14.4 Å². The lowest BCUT2D eigenvalue weighted by Gasteiger charge is -2.21. The van der Waals surface area contributed by atoms with Gasteiger partial charge < -0.3 is 10.2 Å². The van der Waals surface area contributed by atoms with E-state index >= 15 is 0 Å². The molecule has 1 fully saturated rings. The van der Waals surface area contributed by atoms with Gasteiger partial charge in [0.2, 0.25) is 0 Å². The van der Waals surface area contributed by atoms with Crippen LogP contribution < -0.4 is 0 Å². The molecule has 1 aromatic rings. The van der Waals surface area contributed by atoms with Gasteiger partial charge in [-0.15, -0.1) is 0 Å². The number of thiocarbonyl (C=S) groups is 1. The molecule has 1 amide bonds. The van der Waals surface area contributed by atoms with Gasteiger partial charge in [0.25, 0.3) is 5.91 Å². The maximum absolute atomic E-state index is 12.3. The van der Waals surface area contributed by atoms with Gasteiger partial charge in [0.05, 0.1) is 11.3 Å². The van der Waals surface area contributed by atoms with Crippen molar-refractivity contribution in [3.8, 4) is 0 Å². The Morgan fingerprint density at radius 2 is 1.92 bits per heavy atom. The highest BCUT2D eigenvalue weighted by Gasteiger charge is 2.41. The van der Waals surface area contributed by atoms with Gasteiger partial charge in [-0.2, -0.15) is 0 Å². The molecule has 1 saturated heterocycles. The average Bonchev–Trinajstić information content (AvgIpc) is 2.80. The normalized spacial score (nSPS) is 17.7. The molecule has 8 heteroatoms. The second-order valence-electron chi connectivity index (χ2n) is 4.80. The summed E-state index contributed by atoms with van der Waals surface area (Å²) < 4.78 is 0.0352. The first kappa shape index (κ1) is 17.9. The molecule has 0 radical (unpaired) electrons. The largest absolute Gasteiger partial charge is 0.481 e. The number of benzene rings is 1. The van der Waals surface area contributed by atoms with Crippen LogP contribution in [-0.4, -0.2) is 43.3 Å². The molecule has 1 aliphatic rings. The van der Waals surface area contributed by atoms with Crippen molar-refractivity contribution in [1.29, 1.82) is 0 Å². The Balaban J connectivity index is 2.18. The van der Waals surface area contributed by atoms with Crippen molar-refractivity contribution in [2.75, 3.05) is 0 Å². The van der Waals surface area contributed by atoms with Crippen LogP contribution in [0.15, 0.2) is 47.4 Å². The minimum absolute atomic E-state index is 0.0352. The number of rotatable bonds is 6. The fraction of sp³-hybridized carbons (Fsp3) is 0.125. The predicted octanol–water partition coefficient (Wildman–Crippen LogP) is 2.37. The molecule has 1 aliphatic heterocycles. The van der Waals surface area contributed by atoms with Crippen LogP contribution in [0.5, 0.6) is 0 Å². The van der Waals surface area contributed by atoms with Crippen LogP contribution in [0.3, 0.4) is 0 Å². The highest BCUT2D eigenvalue weighted by molar-refractivity contribution is 8.26. The van der Waals surface area contributed by atoms with Crippen molar-refractivity contribution in [2.45, 2.75) is 12.5 Å². The molecule has 24 heavy (non-hydrogen) atoms. The SMILES string of the molecule is O=C(O)C[C@H](C(=O)O)N1C(=O)/C(=C\C=C\c2ccccc2)SC1=S. The van der Waals surface area contributed by atoms with Gasteiger partial charge in [-0.3, -0.25) is 14.5 Å². The molecule has 1 heterocycles. The van der Waals surface area contributed by atoms with Crippen LogP contribution in [0, 0.1) is 0 Å². The van der Waals surface area contributed by atoms with Crippen molar-refractivity contribution < 1.29 is 24.6 Å². The van der Waals surface area contributed by atoms with E-state index in [2.05, 4.69) is 0 Å². The van der Waals surface area contributed by atoms with Gasteiger partial charge in [-0.1, -0.05) is 66.5 Å². The first-order valence-corrected chi connectivity index (χ1v) is 8.06. The van der Waals surface area contributed by atoms with E-state index < -0.39 is 30.3 Å². The number of aliphatic carboxylic acids is 2. The molecule has 0 aromatic heterocycles. The van der Waals surface area contributed by atoms with Gasteiger partial charge in [0, 0.05) is 0 Å². The number of allylic oxidation sites excluding steroid dienone is 2. The second kappa shape index (κ2) is 7.89. The maximum atomic E-state index is 12.3. The lowest BCUT2D eigenvalue weighted by Crippen LogP contribution is -2.45. The van der Waals surface area contributed by atoms with Gasteiger partial charge in [-0.05, 0) is 11.6 Å². The number of carboxylic acids is 2. The Morgan fingerprint density at radius 1 is 1.25 bits per heavy atom. The predicted molar refractivity (Wildman–Crippen MR) is 94.3 cm³/mol. The van der Waals surface area contributed by atoms with Crippen molar-refractivity contribution in [3.63, 3.8) is 0 Å². The molecule has 1 aromatic carbocycles. The van der Waals surface area contributed by atoms with Crippen molar-refractivity contribution >= 4 is 52.2 Å². The van der Waals surface area contributed by atoms with E-state index in [0.29, 0.717) is 0 Å². The summed E-state index contributed by atoms with van der Waals surface area (Å²) in [5.41, 5.74) is 0.943. The number of thioether (sulfide) groups is 1. The summed E-state index contributed by atoms with van der Waals surface area (Å²) in [5.74, 6) is -3.32. The number of hydrogen-bond acceptors (Lipinski definition) is 5. The highest BCUT2D eigenvalue weighted by Crippen LogP contribution is 2.33. The van der Waals surface area contributed by atoms with Gasteiger partial charge >= 0.3 is 11.9 Å². The molecule has 1 atom stereocenters. The van der Waals surface area contributed by atoms with Crippen molar-refractivity contribution in [3.05, 3.63) is 53.0 Å². The molecule has 0 saturated carbocycles. The van der Waals surface area contributed by atoms with E-state index in [1.54, 1.807) is 12.2 Å². The highest BCUT2D eigenvalue weighted by atomic mass is 32.2. The third-order valence-electron chi connectivity index (χ3n) is 3.12. The van der Waals surface area contributed by atoms with Gasteiger partial charge in [0.1, 0.15) is 10.4 Å². The number of carbonyl (C=O) groups is 3. The first-order valence-electron chi connectivity index (χ1n) is 6.83. The smallest absolute Gasteiger partial charge is 0.327 e. The van der Waals surface area contributed by atoms with E-state index in [1.165, 1.54) is 6.08 Å². The first-order chi connectivity index (χ1) is 11.4. The topological polar surface area (TPSA) is 94.9 Å². The fourth-order valence-corrected chi connectivity index (χ4v) is 3.34. The molecule has 124 valence electrons. The second-order valence-corrected chi connectivity index (χ2v) is 6.47. The van der Waals surface area contributed by atoms with E-state index in [-0.39, 0.29) is 9.23 Å². The monoisotopic (exact) mass is 363 g/mol. The summed E-state index contributed by atoms with van der Waals surface area (Å²) in [7, 11) is 0. The van der Waals surface area contributed by atoms with Crippen LogP contribution in [0.25, 0.3) is 6.08 Å². The van der Waals surface area contributed by atoms with E-state index in [9.17, 15) is 14.4 Å². The van der Waals surface area contributed by atoms with Crippen molar-refractivity contribution in [1.82, 2.24) is 4.90 Å². The quantitative estimate of drug-likeness (QED) is 0.592. The third-order valence-corrected chi connectivity index (χ3v) is 4.47. The van der Waals surface area contributed by atoms with Crippen LogP contribution in [0.4, 0.5) is 0 Å². The number of hydrogen-bond donors (Lipinski definition) is 2. The molecule has 0 bridgehead atoms. The third kappa shape index (κ3) is 4.30. The molecule has 2 rings (SSSR count). The molecule has 6 nitrogen and oxygen atoms in total. The Labute approximate surface area is 147 Å².